The number of rotatable bonds is 7. The Bertz CT molecular complexity index is 663. The van der Waals surface area contributed by atoms with Gasteiger partial charge in [0.05, 0.1) is 37.6 Å². The number of imide groups is 1. The second-order valence-electron chi connectivity index (χ2n) is 8.82. The van der Waals surface area contributed by atoms with Gasteiger partial charge in [0.2, 0.25) is 0 Å². The molecule has 3 aliphatic rings. The summed E-state index contributed by atoms with van der Waals surface area (Å²) in [7, 11) is 0. The van der Waals surface area contributed by atoms with Crippen LogP contribution in [0.2, 0.25) is 0 Å². The number of cyclic esters (lactones) is 1. The topological polar surface area (TPSA) is 129 Å². The van der Waals surface area contributed by atoms with E-state index in [4.69, 9.17) is 19.3 Å². The zero-order chi connectivity index (χ0) is 21.3. The molecule has 0 saturated carbocycles. The molecule has 0 aromatic heterocycles. The van der Waals surface area contributed by atoms with E-state index in [0.29, 0.717) is 18.4 Å². The van der Waals surface area contributed by atoms with Crippen LogP contribution >= 0.6 is 0 Å². The maximum absolute atomic E-state index is 12.4. The van der Waals surface area contributed by atoms with E-state index in [-0.39, 0.29) is 44.3 Å². The Balaban J connectivity index is 1.51. The van der Waals surface area contributed by atoms with Gasteiger partial charge in [-0.1, -0.05) is 5.57 Å². The molecule has 9 nitrogen and oxygen atoms in total. The van der Waals surface area contributed by atoms with Crippen molar-refractivity contribution in [1.29, 1.82) is 0 Å². The lowest BCUT2D eigenvalue weighted by Gasteiger charge is -2.37. The SMILES string of the molecule is C/C(=C\C(=O)N1CC(C)(C)OC1=O)C[C@@H]1OC[C@H](C[C@@H]2OC2CCO)C(O)C1O. The lowest BCUT2D eigenvalue weighted by molar-refractivity contribution is -0.165. The third-order valence-electron chi connectivity index (χ3n) is 5.66. The molecule has 0 aromatic rings. The molecular weight excluding hydrogens is 382 g/mol. The number of hydrogen-bond donors (Lipinski definition) is 3. The van der Waals surface area contributed by atoms with E-state index in [0.717, 1.165) is 4.90 Å². The number of epoxide rings is 1. The summed E-state index contributed by atoms with van der Waals surface area (Å²) >= 11 is 0. The third-order valence-corrected chi connectivity index (χ3v) is 5.66. The third kappa shape index (κ3) is 5.35. The van der Waals surface area contributed by atoms with E-state index in [9.17, 15) is 19.8 Å². The molecule has 3 fully saturated rings. The molecular formula is C20H31NO8. The monoisotopic (exact) mass is 413 g/mol. The predicted molar refractivity (Wildman–Crippen MR) is 101 cm³/mol. The van der Waals surface area contributed by atoms with Crippen LogP contribution in [0.3, 0.4) is 0 Å². The Morgan fingerprint density at radius 3 is 2.59 bits per heavy atom. The van der Waals surface area contributed by atoms with E-state index < -0.39 is 35.9 Å². The van der Waals surface area contributed by atoms with Crippen molar-refractivity contribution in [2.45, 2.75) is 76.2 Å². The van der Waals surface area contributed by atoms with Crippen LogP contribution in [-0.2, 0) is 19.0 Å². The normalized spacial score (nSPS) is 36.8. The summed E-state index contributed by atoms with van der Waals surface area (Å²) in [5.41, 5.74) is -0.0756. The molecule has 2 amide bonds. The average molecular weight is 413 g/mol. The second-order valence-corrected chi connectivity index (χ2v) is 8.82. The first-order valence-electron chi connectivity index (χ1n) is 10.1. The predicted octanol–water partition coefficient (Wildman–Crippen LogP) is 0.357. The molecule has 3 saturated heterocycles. The van der Waals surface area contributed by atoms with Crippen molar-refractivity contribution in [3.8, 4) is 0 Å². The van der Waals surface area contributed by atoms with Gasteiger partial charge in [0.1, 0.15) is 11.7 Å². The first kappa shape index (κ1) is 22.2. The van der Waals surface area contributed by atoms with Gasteiger partial charge in [0.25, 0.3) is 5.91 Å². The first-order valence-corrected chi connectivity index (χ1v) is 10.1. The first-order chi connectivity index (χ1) is 13.6. The summed E-state index contributed by atoms with van der Waals surface area (Å²) in [6.07, 6.45) is -0.611. The number of aliphatic hydroxyl groups is 3. The highest BCUT2D eigenvalue weighted by Gasteiger charge is 2.45. The second kappa shape index (κ2) is 8.69. The fourth-order valence-corrected chi connectivity index (χ4v) is 4.00. The molecule has 0 radical (unpaired) electrons. The summed E-state index contributed by atoms with van der Waals surface area (Å²) in [4.78, 5) is 25.2. The highest BCUT2D eigenvalue weighted by atomic mass is 16.6. The van der Waals surface area contributed by atoms with Crippen LogP contribution in [0.25, 0.3) is 0 Å². The Morgan fingerprint density at radius 1 is 1.24 bits per heavy atom. The Labute approximate surface area is 170 Å². The average Bonchev–Trinajstić information content (AvgIpc) is 3.29. The van der Waals surface area contributed by atoms with Gasteiger partial charge >= 0.3 is 6.09 Å². The maximum Gasteiger partial charge on any atom is 0.417 e. The van der Waals surface area contributed by atoms with Gasteiger partial charge in [-0.15, -0.1) is 0 Å². The Kier molecular flexibility index (Phi) is 6.64. The van der Waals surface area contributed by atoms with Crippen LogP contribution in [-0.4, -0.2) is 88.1 Å². The molecule has 0 aromatic carbocycles. The summed E-state index contributed by atoms with van der Waals surface area (Å²) in [6, 6.07) is 0. The lowest BCUT2D eigenvalue weighted by Crippen LogP contribution is -2.50. The van der Waals surface area contributed by atoms with Gasteiger partial charge in [-0.3, -0.25) is 4.79 Å². The van der Waals surface area contributed by atoms with Gasteiger partial charge in [-0.25, -0.2) is 9.69 Å². The summed E-state index contributed by atoms with van der Waals surface area (Å²) < 4.78 is 16.3. The molecule has 3 unspecified atom stereocenters. The van der Waals surface area contributed by atoms with Gasteiger partial charge < -0.3 is 29.5 Å². The van der Waals surface area contributed by atoms with Crippen molar-refractivity contribution in [2.24, 2.45) is 5.92 Å². The van der Waals surface area contributed by atoms with E-state index in [2.05, 4.69) is 0 Å². The van der Waals surface area contributed by atoms with Crippen LogP contribution < -0.4 is 0 Å². The molecule has 0 spiro atoms. The molecule has 3 N–H and O–H groups in total. The summed E-state index contributed by atoms with van der Waals surface area (Å²) in [6.45, 7) is 5.71. The van der Waals surface area contributed by atoms with E-state index in [1.54, 1.807) is 20.8 Å². The zero-order valence-corrected chi connectivity index (χ0v) is 17.1. The van der Waals surface area contributed by atoms with Crippen molar-refractivity contribution < 1.29 is 39.1 Å². The minimum absolute atomic E-state index is 0.0144. The van der Waals surface area contributed by atoms with Crippen molar-refractivity contribution in [2.75, 3.05) is 19.8 Å². The molecule has 3 heterocycles. The molecule has 0 aliphatic carbocycles. The lowest BCUT2D eigenvalue weighted by atomic mass is 9.86. The molecule has 3 rings (SSSR count). The van der Waals surface area contributed by atoms with Crippen LogP contribution in [0.4, 0.5) is 4.79 Å². The zero-order valence-electron chi connectivity index (χ0n) is 17.1. The van der Waals surface area contributed by atoms with E-state index >= 15 is 0 Å². The highest BCUT2D eigenvalue weighted by molar-refractivity contribution is 6.00. The van der Waals surface area contributed by atoms with Crippen molar-refractivity contribution in [1.82, 2.24) is 4.90 Å². The maximum atomic E-state index is 12.4. The van der Waals surface area contributed by atoms with Gasteiger partial charge in [-0.05, 0) is 40.0 Å². The fourth-order valence-electron chi connectivity index (χ4n) is 4.00. The number of ether oxygens (including phenoxy) is 3. The van der Waals surface area contributed by atoms with Gasteiger partial charge in [-0.2, -0.15) is 0 Å². The minimum atomic E-state index is -1.09. The number of carbonyl (C=O) groups is 2. The van der Waals surface area contributed by atoms with E-state index in [1.807, 2.05) is 0 Å². The number of amides is 2. The van der Waals surface area contributed by atoms with E-state index in [1.165, 1.54) is 6.08 Å². The van der Waals surface area contributed by atoms with Crippen LogP contribution in [0.5, 0.6) is 0 Å². The molecule has 9 heteroatoms. The van der Waals surface area contributed by atoms with Crippen molar-refractivity contribution >= 4 is 12.0 Å². The van der Waals surface area contributed by atoms with Crippen molar-refractivity contribution in [3.05, 3.63) is 11.6 Å². The van der Waals surface area contributed by atoms with Crippen molar-refractivity contribution in [3.63, 3.8) is 0 Å². The molecule has 0 bridgehead atoms. The molecule has 3 aliphatic heterocycles. The fraction of sp³-hybridized carbons (Fsp3) is 0.800. The molecule has 29 heavy (non-hydrogen) atoms. The standard InChI is InChI=1S/C20H31NO8/c1-11(7-16(23)21-10-20(2,3)29-19(21)26)6-15-18(25)17(24)12(9-27-15)8-14-13(28-14)4-5-22/h7,12-15,17-18,22,24-25H,4-6,8-10H2,1-3H3/b11-7+/t12-,13?,14-,15-,17?,18?/m0/s1. The Hall–Kier alpha value is -1.52. The largest absolute Gasteiger partial charge is 0.441 e. The highest BCUT2D eigenvalue weighted by Crippen LogP contribution is 2.35. The number of nitrogens with zero attached hydrogens (tertiary/aromatic N) is 1. The number of carbonyl (C=O) groups excluding carboxylic acids is 2. The van der Waals surface area contributed by atoms with Crippen LogP contribution in [0, 0.1) is 5.92 Å². The molecule has 6 atom stereocenters. The summed E-state index contributed by atoms with van der Waals surface area (Å²) in [5.74, 6) is -0.718. The van der Waals surface area contributed by atoms with Crippen LogP contribution in [0.1, 0.15) is 40.0 Å². The summed E-state index contributed by atoms with van der Waals surface area (Å²) in [5, 5.41) is 29.9. The van der Waals surface area contributed by atoms with Gasteiger partial charge in [0, 0.05) is 18.6 Å². The van der Waals surface area contributed by atoms with Gasteiger partial charge in [0.15, 0.2) is 0 Å². The number of hydrogen-bond acceptors (Lipinski definition) is 8. The van der Waals surface area contributed by atoms with Crippen LogP contribution in [0.15, 0.2) is 11.6 Å². The molecule has 164 valence electrons. The minimum Gasteiger partial charge on any atom is -0.441 e. The quantitative estimate of drug-likeness (QED) is 0.403. The number of aliphatic hydroxyl groups excluding tert-OH is 3. The Morgan fingerprint density at radius 2 is 1.97 bits per heavy atom. The smallest absolute Gasteiger partial charge is 0.417 e.